The van der Waals surface area contributed by atoms with Gasteiger partial charge in [0.1, 0.15) is 5.75 Å². The van der Waals surface area contributed by atoms with Crippen molar-refractivity contribution in [1.29, 1.82) is 0 Å². The van der Waals surface area contributed by atoms with Crippen LogP contribution in [0.3, 0.4) is 0 Å². The van der Waals surface area contributed by atoms with Crippen LogP contribution in [0.2, 0.25) is 0 Å². The number of aryl methyl sites for hydroxylation is 2. The molecule has 1 atom stereocenters. The molecule has 3 N–H and O–H groups in total. The second-order valence-corrected chi connectivity index (χ2v) is 5.12. The molecule has 0 radical (unpaired) electrons. The Morgan fingerprint density at radius 1 is 1.39 bits per heavy atom. The summed E-state index contributed by atoms with van der Waals surface area (Å²) < 4.78 is 5.33. The number of carboxylic acids is 1. The maximum Gasteiger partial charge on any atom is 0.311 e. The zero-order valence-corrected chi connectivity index (χ0v) is 11.0. The van der Waals surface area contributed by atoms with Crippen molar-refractivity contribution < 1.29 is 14.6 Å². The average Bonchev–Trinajstić information content (AvgIpc) is 3.12. The molecule has 0 heterocycles. The minimum Gasteiger partial charge on any atom is -0.496 e. The molecule has 0 aliphatic heterocycles. The summed E-state index contributed by atoms with van der Waals surface area (Å²) in [7, 11) is 1.58. The van der Waals surface area contributed by atoms with E-state index >= 15 is 0 Å². The monoisotopic (exact) mass is 249 g/mol. The third-order valence-electron chi connectivity index (χ3n) is 3.99. The van der Waals surface area contributed by atoms with Gasteiger partial charge in [0, 0.05) is 11.6 Å². The third-order valence-corrected chi connectivity index (χ3v) is 3.99. The molecule has 1 unspecified atom stereocenters. The molecule has 0 bridgehead atoms. The Hall–Kier alpha value is -1.55. The molecule has 1 saturated carbocycles. The summed E-state index contributed by atoms with van der Waals surface area (Å²) in [5.74, 6) is -0.131. The first kappa shape index (κ1) is 12.9. The molecule has 1 aliphatic rings. The Morgan fingerprint density at radius 2 is 1.94 bits per heavy atom. The van der Waals surface area contributed by atoms with Crippen molar-refractivity contribution in [2.75, 3.05) is 7.11 Å². The van der Waals surface area contributed by atoms with Gasteiger partial charge in [-0.1, -0.05) is 6.07 Å². The first-order chi connectivity index (χ1) is 8.42. The Labute approximate surface area is 107 Å². The molecule has 1 aromatic rings. The molecule has 4 heteroatoms. The second-order valence-electron chi connectivity index (χ2n) is 5.12. The average molecular weight is 249 g/mol. The highest BCUT2D eigenvalue weighted by molar-refractivity contribution is 5.79. The topological polar surface area (TPSA) is 72.5 Å². The molecule has 98 valence electrons. The van der Waals surface area contributed by atoms with Crippen LogP contribution in [-0.4, -0.2) is 18.2 Å². The summed E-state index contributed by atoms with van der Waals surface area (Å²) >= 11 is 0. The summed E-state index contributed by atoms with van der Waals surface area (Å²) in [4.78, 5) is 11.3. The first-order valence-electron chi connectivity index (χ1n) is 6.06. The summed E-state index contributed by atoms with van der Waals surface area (Å²) in [6.07, 6.45) is 1.28. The molecule has 0 amide bonds. The lowest BCUT2D eigenvalue weighted by atomic mass is 9.88. The van der Waals surface area contributed by atoms with Crippen LogP contribution in [0.25, 0.3) is 0 Å². The lowest BCUT2D eigenvalue weighted by Crippen LogP contribution is -2.30. The highest BCUT2D eigenvalue weighted by Crippen LogP contribution is 2.55. The first-order valence-corrected chi connectivity index (χ1v) is 6.06. The molecular weight excluding hydrogens is 230 g/mol. The number of hydrogen-bond acceptors (Lipinski definition) is 3. The van der Waals surface area contributed by atoms with Gasteiger partial charge >= 0.3 is 5.97 Å². The molecule has 2 rings (SSSR count). The number of hydrogen-bond donors (Lipinski definition) is 2. The van der Waals surface area contributed by atoms with Crippen LogP contribution in [0, 0.1) is 19.3 Å². The maximum atomic E-state index is 11.3. The van der Waals surface area contributed by atoms with E-state index in [1.165, 1.54) is 0 Å². The van der Waals surface area contributed by atoms with Crippen molar-refractivity contribution in [1.82, 2.24) is 0 Å². The number of carboxylic acid groups (broad SMARTS) is 1. The third kappa shape index (κ3) is 1.86. The van der Waals surface area contributed by atoms with E-state index in [0.717, 1.165) is 16.7 Å². The van der Waals surface area contributed by atoms with Crippen LogP contribution >= 0.6 is 0 Å². The van der Waals surface area contributed by atoms with Gasteiger partial charge in [0.2, 0.25) is 0 Å². The van der Waals surface area contributed by atoms with Crippen LogP contribution < -0.4 is 10.5 Å². The fourth-order valence-corrected chi connectivity index (χ4v) is 2.32. The number of nitrogens with two attached hydrogens (primary N) is 1. The van der Waals surface area contributed by atoms with Crippen molar-refractivity contribution in [3.8, 4) is 5.75 Å². The molecule has 0 aromatic heterocycles. The molecule has 1 fully saturated rings. The van der Waals surface area contributed by atoms with Crippen LogP contribution in [0.5, 0.6) is 5.75 Å². The molecule has 0 saturated heterocycles. The van der Waals surface area contributed by atoms with E-state index in [9.17, 15) is 9.90 Å². The van der Waals surface area contributed by atoms with Crippen molar-refractivity contribution in [3.05, 3.63) is 28.8 Å². The fourth-order valence-electron chi connectivity index (χ4n) is 2.32. The number of rotatable bonds is 4. The zero-order valence-electron chi connectivity index (χ0n) is 11.0. The summed E-state index contributed by atoms with van der Waals surface area (Å²) in [5, 5.41) is 9.30. The number of methoxy groups -OCH3 is 1. The van der Waals surface area contributed by atoms with Crippen LogP contribution in [0.1, 0.15) is 35.6 Å². The summed E-state index contributed by atoms with van der Waals surface area (Å²) in [6, 6.07) is 3.36. The quantitative estimate of drug-likeness (QED) is 0.857. The van der Waals surface area contributed by atoms with E-state index in [4.69, 9.17) is 10.5 Å². The fraction of sp³-hybridized carbons (Fsp3) is 0.500. The molecule has 4 nitrogen and oxygen atoms in total. The van der Waals surface area contributed by atoms with Crippen LogP contribution in [0.4, 0.5) is 0 Å². The van der Waals surface area contributed by atoms with Crippen molar-refractivity contribution in [2.24, 2.45) is 11.1 Å². The SMILES string of the molecule is COc1cc(C)c(C)cc1C(N)C1(C(=O)O)CC1. The van der Waals surface area contributed by atoms with E-state index in [1.807, 2.05) is 26.0 Å². The van der Waals surface area contributed by atoms with Crippen molar-refractivity contribution in [2.45, 2.75) is 32.7 Å². The Morgan fingerprint density at radius 3 is 2.39 bits per heavy atom. The minimum atomic E-state index is -0.810. The standard InChI is InChI=1S/C14H19NO3/c1-8-6-10(11(18-3)7-9(8)2)12(15)14(4-5-14)13(16)17/h6-7,12H,4-5,15H2,1-3H3,(H,16,17). The normalized spacial score (nSPS) is 18.2. The second kappa shape index (κ2) is 4.28. The molecule has 0 spiro atoms. The predicted molar refractivity (Wildman–Crippen MR) is 68.7 cm³/mol. The van der Waals surface area contributed by atoms with Gasteiger partial charge in [-0.05, 0) is 43.9 Å². The van der Waals surface area contributed by atoms with Crippen LogP contribution in [0.15, 0.2) is 12.1 Å². The van der Waals surface area contributed by atoms with Gasteiger partial charge in [-0.3, -0.25) is 4.79 Å². The van der Waals surface area contributed by atoms with Gasteiger partial charge in [-0.15, -0.1) is 0 Å². The van der Waals surface area contributed by atoms with E-state index in [0.29, 0.717) is 18.6 Å². The van der Waals surface area contributed by atoms with Gasteiger partial charge < -0.3 is 15.6 Å². The predicted octanol–water partition coefficient (Wildman–Crippen LogP) is 2.18. The summed E-state index contributed by atoms with van der Waals surface area (Å²) in [6.45, 7) is 3.99. The molecule has 1 aromatic carbocycles. The number of benzene rings is 1. The Balaban J connectivity index is 2.45. The van der Waals surface area contributed by atoms with E-state index in [1.54, 1.807) is 7.11 Å². The lowest BCUT2D eigenvalue weighted by Gasteiger charge is -2.22. The smallest absolute Gasteiger partial charge is 0.311 e. The highest BCUT2D eigenvalue weighted by atomic mass is 16.5. The minimum absolute atomic E-state index is 0.510. The van der Waals surface area contributed by atoms with E-state index in [2.05, 4.69) is 0 Å². The molecular formula is C14H19NO3. The van der Waals surface area contributed by atoms with Gasteiger partial charge in [-0.25, -0.2) is 0 Å². The van der Waals surface area contributed by atoms with E-state index in [-0.39, 0.29) is 0 Å². The Kier molecular flexibility index (Phi) is 3.07. The summed E-state index contributed by atoms with van der Waals surface area (Å²) in [5.41, 5.74) is 8.38. The molecule has 1 aliphatic carbocycles. The van der Waals surface area contributed by atoms with Crippen LogP contribution in [-0.2, 0) is 4.79 Å². The van der Waals surface area contributed by atoms with Gasteiger partial charge in [0.15, 0.2) is 0 Å². The number of carbonyl (C=O) groups is 1. The number of aliphatic carboxylic acids is 1. The van der Waals surface area contributed by atoms with Gasteiger partial charge in [0.25, 0.3) is 0 Å². The molecule has 18 heavy (non-hydrogen) atoms. The maximum absolute atomic E-state index is 11.3. The van der Waals surface area contributed by atoms with Gasteiger partial charge in [0.05, 0.1) is 12.5 Å². The van der Waals surface area contributed by atoms with Crippen molar-refractivity contribution >= 4 is 5.97 Å². The lowest BCUT2D eigenvalue weighted by molar-refractivity contribution is -0.144. The largest absolute Gasteiger partial charge is 0.496 e. The van der Waals surface area contributed by atoms with Crippen molar-refractivity contribution in [3.63, 3.8) is 0 Å². The van der Waals surface area contributed by atoms with E-state index < -0.39 is 17.4 Å². The number of ether oxygens (including phenoxy) is 1. The zero-order chi connectivity index (χ0) is 13.5. The Bertz CT molecular complexity index is 492. The highest BCUT2D eigenvalue weighted by Gasteiger charge is 2.55. The van der Waals surface area contributed by atoms with Gasteiger partial charge in [-0.2, -0.15) is 0 Å².